The van der Waals surface area contributed by atoms with Gasteiger partial charge in [0.15, 0.2) is 0 Å². The maximum absolute atomic E-state index is 2.29. The van der Waals surface area contributed by atoms with Gasteiger partial charge in [-0.1, -0.05) is 46.5 Å². The number of halogens is 1. The van der Waals surface area contributed by atoms with Gasteiger partial charge < -0.3 is 12.4 Å². The van der Waals surface area contributed by atoms with Gasteiger partial charge in [0.1, 0.15) is 0 Å². The van der Waals surface area contributed by atoms with Gasteiger partial charge in [-0.25, -0.2) is 0 Å². The number of hydrogen-bond acceptors (Lipinski definition) is 0. The quantitative estimate of drug-likeness (QED) is 0.318. The summed E-state index contributed by atoms with van der Waals surface area (Å²) in [5.74, 6) is 0.904. The summed E-state index contributed by atoms with van der Waals surface area (Å²) in [5.41, 5.74) is 0. The van der Waals surface area contributed by atoms with Crippen molar-refractivity contribution in [1.29, 1.82) is 0 Å². The first-order chi connectivity index (χ1) is 3.77. The average molecular weight is 173 g/mol. The van der Waals surface area contributed by atoms with Crippen molar-refractivity contribution in [3.8, 4) is 0 Å². The predicted octanol–water partition coefficient (Wildman–Crippen LogP) is -2.77. The Bertz CT molecular complexity index is 46.5. The largest absolute Gasteiger partial charge is 1.00 e. The Hall–Kier alpha value is 1.29. The summed E-state index contributed by atoms with van der Waals surface area (Å²) in [5, 5.41) is 0. The summed E-state index contributed by atoms with van der Waals surface area (Å²) in [4.78, 5) is 0. The fourth-order valence-corrected chi connectivity index (χ4v) is 0.803. The zero-order chi connectivity index (χ0) is 6.41. The molecule has 0 aromatic rings. The van der Waals surface area contributed by atoms with Gasteiger partial charge >= 0.3 is 29.6 Å². The molecule has 58 valence electrons. The first kappa shape index (κ1) is 17.4. The summed E-state index contributed by atoms with van der Waals surface area (Å²) in [6.45, 7) is 6.83. The van der Waals surface area contributed by atoms with Crippen molar-refractivity contribution in [3.63, 3.8) is 0 Å². The van der Waals surface area contributed by atoms with E-state index in [1.165, 1.54) is 25.7 Å². The second kappa shape index (κ2) is 12.9. The molecule has 0 heterocycles. The Morgan fingerprint density at radius 2 is 1.60 bits per heavy atom. The summed E-state index contributed by atoms with van der Waals surface area (Å²) in [6.07, 6.45) is 5.60. The molecule has 10 heavy (non-hydrogen) atoms. The molecular formula is C8H18ClNa. The summed E-state index contributed by atoms with van der Waals surface area (Å²) >= 11 is 0. The molecule has 0 spiro atoms. The van der Waals surface area contributed by atoms with Crippen LogP contribution in [0, 0.1) is 5.92 Å². The van der Waals surface area contributed by atoms with Crippen LogP contribution in [0.5, 0.6) is 0 Å². The second-order valence-electron chi connectivity index (χ2n) is 2.89. The fraction of sp³-hybridized carbons (Fsp3) is 1.00. The van der Waals surface area contributed by atoms with Crippen LogP contribution in [0.2, 0.25) is 0 Å². The van der Waals surface area contributed by atoms with E-state index in [4.69, 9.17) is 0 Å². The molecule has 0 fully saturated rings. The summed E-state index contributed by atoms with van der Waals surface area (Å²) < 4.78 is 0. The van der Waals surface area contributed by atoms with Crippen molar-refractivity contribution in [2.24, 2.45) is 5.92 Å². The number of hydrogen-bond donors (Lipinski definition) is 0. The van der Waals surface area contributed by atoms with Crippen LogP contribution in [0.25, 0.3) is 0 Å². The Labute approximate surface area is 93.9 Å². The monoisotopic (exact) mass is 172 g/mol. The van der Waals surface area contributed by atoms with Crippen LogP contribution in [0.15, 0.2) is 0 Å². The fourth-order valence-electron chi connectivity index (χ4n) is 0.803. The van der Waals surface area contributed by atoms with Crippen LogP contribution in [0.3, 0.4) is 0 Å². The summed E-state index contributed by atoms with van der Waals surface area (Å²) in [6, 6.07) is 0. The Morgan fingerprint density at radius 3 is 1.90 bits per heavy atom. The molecule has 0 aliphatic heterocycles. The first-order valence-electron chi connectivity index (χ1n) is 3.77. The molecule has 0 aromatic heterocycles. The van der Waals surface area contributed by atoms with Gasteiger partial charge in [-0.15, -0.1) is 0 Å². The van der Waals surface area contributed by atoms with Gasteiger partial charge in [0.2, 0.25) is 0 Å². The van der Waals surface area contributed by atoms with E-state index in [1.807, 2.05) is 0 Å². The molecular weight excluding hydrogens is 155 g/mol. The zero-order valence-electron chi connectivity index (χ0n) is 7.78. The van der Waals surface area contributed by atoms with E-state index < -0.39 is 0 Å². The van der Waals surface area contributed by atoms with E-state index >= 15 is 0 Å². The molecule has 0 atom stereocenters. The van der Waals surface area contributed by atoms with Crippen molar-refractivity contribution in [1.82, 2.24) is 0 Å². The van der Waals surface area contributed by atoms with Crippen LogP contribution in [0.1, 0.15) is 46.5 Å². The Kier molecular flexibility index (Phi) is 22.5. The minimum absolute atomic E-state index is 0. The van der Waals surface area contributed by atoms with Gasteiger partial charge in [-0.3, -0.25) is 0 Å². The van der Waals surface area contributed by atoms with Gasteiger partial charge in [0.05, 0.1) is 0 Å². The molecule has 0 aliphatic carbocycles. The van der Waals surface area contributed by atoms with Crippen LogP contribution in [0.4, 0.5) is 0 Å². The van der Waals surface area contributed by atoms with Gasteiger partial charge in [-0.2, -0.15) is 0 Å². The van der Waals surface area contributed by atoms with Gasteiger partial charge in [0, 0.05) is 0 Å². The van der Waals surface area contributed by atoms with Crippen molar-refractivity contribution < 1.29 is 42.0 Å². The molecule has 0 aromatic carbocycles. The van der Waals surface area contributed by atoms with Crippen LogP contribution >= 0.6 is 0 Å². The van der Waals surface area contributed by atoms with Crippen LogP contribution in [-0.4, -0.2) is 0 Å². The molecule has 0 saturated heterocycles. The van der Waals surface area contributed by atoms with Crippen LogP contribution < -0.4 is 42.0 Å². The normalized spacial score (nSPS) is 8.40. The minimum atomic E-state index is 0. The van der Waals surface area contributed by atoms with Gasteiger partial charge in [-0.05, 0) is 5.92 Å². The van der Waals surface area contributed by atoms with Crippen molar-refractivity contribution in [3.05, 3.63) is 0 Å². The Morgan fingerprint density at radius 1 is 1.10 bits per heavy atom. The SMILES string of the molecule is CCCCCC(C)C.[Cl-].[Na+]. The van der Waals surface area contributed by atoms with E-state index in [0.29, 0.717) is 0 Å². The molecule has 0 nitrogen and oxygen atoms in total. The van der Waals surface area contributed by atoms with E-state index in [2.05, 4.69) is 20.8 Å². The smallest absolute Gasteiger partial charge is 1.00 e. The van der Waals surface area contributed by atoms with Gasteiger partial charge in [0.25, 0.3) is 0 Å². The molecule has 0 radical (unpaired) electrons. The average Bonchev–Trinajstić information content (AvgIpc) is 1.66. The predicted molar refractivity (Wildman–Crippen MR) is 39.0 cm³/mol. The van der Waals surface area contributed by atoms with E-state index in [0.717, 1.165) is 5.92 Å². The molecule has 0 amide bonds. The Balaban J connectivity index is -0.000000245. The van der Waals surface area contributed by atoms with Crippen molar-refractivity contribution >= 4 is 0 Å². The molecule has 0 N–H and O–H groups in total. The van der Waals surface area contributed by atoms with E-state index in [9.17, 15) is 0 Å². The molecule has 0 unspecified atom stereocenters. The summed E-state index contributed by atoms with van der Waals surface area (Å²) in [7, 11) is 0. The molecule has 2 heteroatoms. The maximum atomic E-state index is 2.29. The first-order valence-corrected chi connectivity index (χ1v) is 3.77. The maximum Gasteiger partial charge on any atom is 1.00 e. The van der Waals surface area contributed by atoms with E-state index in [-0.39, 0.29) is 42.0 Å². The topological polar surface area (TPSA) is 0 Å². The molecule has 0 rings (SSSR count). The molecule has 0 saturated carbocycles. The number of rotatable bonds is 4. The second-order valence-corrected chi connectivity index (χ2v) is 2.89. The number of unbranched alkanes of at least 4 members (excludes halogenated alkanes) is 2. The third kappa shape index (κ3) is 16.1. The zero-order valence-corrected chi connectivity index (χ0v) is 10.5. The van der Waals surface area contributed by atoms with Crippen LogP contribution in [-0.2, 0) is 0 Å². The third-order valence-corrected chi connectivity index (χ3v) is 1.39. The molecule has 0 bridgehead atoms. The standard InChI is InChI=1S/C8H18.ClH.Na/c1-4-5-6-7-8(2)3;;/h8H,4-7H2,1-3H3;1H;/q;;+1/p-1. The van der Waals surface area contributed by atoms with Crippen molar-refractivity contribution in [2.45, 2.75) is 46.5 Å². The van der Waals surface area contributed by atoms with Crippen molar-refractivity contribution in [2.75, 3.05) is 0 Å². The minimum Gasteiger partial charge on any atom is -1.00 e. The third-order valence-electron chi connectivity index (χ3n) is 1.39. The molecule has 0 aliphatic rings. The van der Waals surface area contributed by atoms with E-state index in [1.54, 1.807) is 0 Å².